The number of nitrogens with zero attached hydrogens (tertiary/aromatic N) is 3. The predicted octanol–water partition coefficient (Wildman–Crippen LogP) is 5.15. The van der Waals surface area contributed by atoms with Gasteiger partial charge in [0.15, 0.2) is 11.0 Å². The number of aryl methyl sites for hydroxylation is 2. The summed E-state index contributed by atoms with van der Waals surface area (Å²) in [4.78, 5) is 12.5. The molecule has 4 rings (SSSR count). The minimum atomic E-state index is -0.0552. The van der Waals surface area contributed by atoms with Gasteiger partial charge in [0.1, 0.15) is 5.75 Å². The van der Waals surface area contributed by atoms with E-state index in [1.165, 1.54) is 24.6 Å². The lowest BCUT2D eigenvalue weighted by atomic mass is 10.1. The SMILES string of the molecule is Cc1cccc(C)c1NC(=O)CSc1nnc(-c2ccc(OC3CCCC3)cc2)n1C. The molecule has 0 atom stereocenters. The zero-order chi connectivity index (χ0) is 21.8. The van der Waals surface area contributed by atoms with E-state index in [1.54, 1.807) is 0 Å². The van der Waals surface area contributed by atoms with Gasteiger partial charge in [-0.15, -0.1) is 10.2 Å². The van der Waals surface area contributed by atoms with E-state index in [2.05, 4.69) is 15.5 Å². The van der Waals surface area contributed by atoms with Crippen molar-refractivity contribution in [1.29, 1.82) is 0 Å². The summed E-state index contributed by atoms with van der Waals surface area (Å²) >= 11 is 1.38. The Morgan fingerprint density at radius 2 is 1.77 bits per heavy atom. The summed E-state index contributed by atoms with van der Waals surface area (Å²) in [5.41, 5.74) is 3.96. The molecule has 0 bridgehead atoms. The molecule has 3 aromatic rings. The van der Waals surface area contributed by atoms with Crippen molar-refractivity contribution in [3.05, 3.63) is 53.6 Å². The van der Waals surface area contributed by atoms with Gasteiger partial charge in [0.2, 0.25) is 5.91 Å². The highest BCUT2D eigenvalue weighted by Crippen LogP contribution is 2.28. The van der Waals surface area contributed by atoms with Crippen LogP contribution in [0, 0.1) is 13.8 Å². The van der Waals surface area contributed by atoms with E-state index in [1.807, 2.05) is 67.9 Å². The van der Waals surface area contributed by atoms with Crippen LogP contribution in [0.1, 0.15) is 36.8 Å². The first kappa shape index (κ1) is 21.4. The molecule has 0 saturated heterocycles. The van der Waals surface area contributed by atoms with Crippen LogP contribution < -0.4 is 10.1 Å². The van der Waals surface area contributed by atoms with Crippen molar-refractivity contribution in [3.8, 4) is 17.1 Å². The van der Waals surface area contributed by atoms with E-state index in [9.17, 15) is 4.79 Å². The minimum Gasteiger partial charge on any atom is -0.490 e. The third-order valence-corrected chi connectivity index (χ3v) is 6.65. The summed E-state index contributed by atoms with van der Waals surface area (Å²) in [5, 5.41) is 12.3. The number of ether oxygens (including phenoxy) is 1. The Morgan fingerprint density at radius 1 is 1.10 bits per heavy atom. The summed E-state index contributed by atoms with van der Waals surface area (Å²) < 4.78 is 7.96. The zero-order valence-electron chi connectivity index (χ0n) is 18.2. The number of nitrogens with one attached hydrogen (secondary N) is 1. The van der Waals surface area contributed by atoms with Crippen LogP contribution in [0.15, 0.2) is 47.6 Å². The molecular formula is C24H28N4O2S. The first-order chi connectivity index (χ1) is 15.0. The van der Waals surface area contributed by atoms with Gasteiger partial charge in [-0.3, -0.25) is 4.79 Å². The molecule has 1 fully saturated rings. The number of benzene rings is 2. The van der Waals surface area contributed by atoms with Crippen LogP contribution in [0.3, 0.4) is 0 Å². The third kappa shape index (κ3) is 5.10. The van der Waals surface area contributed by atoms with Gasteiger partial charge in [-0.25, -0.2) is 0 Å². The van der Waals surface area contributed by atoms with E-state index in [0.29, 0.717) is 11.3 Å². The Balaban J connectivity index is 1.37. The first-order valence-electron chi connectivity index (χ1n) is 10.7. The molecule has 0 aliphatic heterocycles. The molecule has 31 heavy (non-hydrogen) atoms. The lowest BCUT2D eigenvalue weighted by molar-refractivity contribution is -0.113. The Kier molecular flexibility index (Phi) is 6.61. The van der Waals surface area contributed by atoms with Gasteiger partial charge in [-0.1, -0.05) is 30.0 Å². The van der Waals surface area contributed by atoms with E-state index < -0.39 is 0 Å². The topological polar surface area (TPSA) is 69.0 Å². The third-order valence-electron chi connectivity index (χ3n) is 5.63. The predicted molar refractivity (Wildman–Crippen MR) is 125 cm³/mol. The fraction of sp³-hybridized carbons (Fsp3) is 0.375. The molecule has 1 aromatic heterocycles. The Hall–Kier alpha value is -2.80. The van der Waals surface area contributed by atoms with E-state index in [-0.39, 0.29) is 11.7 Å². The van der Waals surface area contributed by atoms with Crippen molar-refractivity contribution < 1.29 is 9.53 Å². The van der Waals surface area contributed by atoms with Gasteiger partial charge >= 0.3 is 0 Å². The molecule has 1 heterocycles. The summed E-state index contributed by atoms with van der Waals surface area (Å²) in [6.07, 6.45) is 5.14. The first-order valence-corrected chi connectivity index (χ1v) is 11.6. The van der Waals surface area contributed by atoms with E-state index in [4.69, 9.17) is 4.74 Å². The van der Waals surface area contributed by atoms with Gasteiger partial charge in [-0.05, 0) is 74.9 Å². The van der Waals surface area contributed by atoms with Crippen LogP contribution in [0.25, 0.3) is 11.4 Å². The van der Waals surface area contributed by atoms with Crippen LogP contribution in [0.4, 0.5) is 5.69 Å². The molecule has 0 spiro atoms. The molecular weight excluding hydrogens is 408 g/mol. The molecule has 0 radical (unpaired) electrons. The van der Waals surface area contributed by atoms with Crippen molar-refractivity contribution in [2.75, 3.05) is 11.1 Å². The number of carbonyl (C=O) groups is 1. The second-order valence-electron chi connectivity index (χ2n) is 8.02. The number of carbonyl (C=O) groups excluding carboxylic acids is 1. The highest BCUT2D eigenvalue weighted by atomic mass is 32.2. The Morgan fingerprint density at radius 3 is 2.45 bits per heavy atom. The number of aromatic nitrogens is 3. The molecule has 1 aliphatic rings. The van der Waals surface area contributed by atoms with Gasteiger partial charge < -0.3 is 14.6 Å². The minimum absolute atomic E-state index is 0.0552. The maximum Gasteiger partial charge on any atom is 0.234 e. The van der Waals surface area contributed by atoms with E-state index in [0.717, 1.165) is 46.8 Å². The van der Waals surface area contributed by atoms with Gasteiger partial charge in [0, 0.05) is 18.3 Å². The molecule has 6 nitrogen and oxygen atoms in total. The van der Waals surface area contributed by atoms with Crippen LogP contribution in [-0.4, -0.2) is 32.5 Å². The summed E-state index contributed by atoms with van der Waals surface area (Å²) in [6.45, 7) is 3.99. The van der Waals surface area contributed by atoms with Gasteiger partial charge in [0.25, 0.3) is 0 Å². The second kappa shape index (κ2) is 9.56. The molecule has 1 aliphatic carbocycles. The molecule has 2 aromatic carbocycles. The van der Waals surface area contributed by atoms with Crippen molar-refractivity contribution >= 4 is 23.4 Å². The quantitative estimate of drug-likeness (QED) is 0.519. The van der Waals surface area contributed by atoms with E-state index >= 15 is 0 Å². The number of rotatable bonds is 7. The van der Waals surface area contributed by atoms with Crippen LogP contribution in [0.2, 0.25) is 0 Å². The van der Waals surface area contributed by atoms with Crippen LogP contribution >= 0.6 is 11.8 Å². The standard InChI is InChI=1S/C24H28N4O2S/c1-16-7-6-8-17(2)22(16)25-21(29)15-31-24-27-26-23(28(24)3)18-11-13-20(14-12-18)30-19-9-4-5-10-19/h6-8,11-14,19H,4-5,9-10,15H2,1-3H3,(H,25,29). The highest BCUT2D eigenvalue weighted by Gasteiger charge is 2.17. The summed E-state index contributed by atoms with van der Waals surface area (Å²) in [6, 6.07) is 14.0. The van der Waals surface area contributed by atoms with Gasteiger partial charge in [-0.2, -0.15) is 0 Å². The molecule has 7 heteroatoms. The number of hydrogen-bond acceptors (Lipinski definition) is 5. The highest BCUT2D eigenvalue weighted by molar-refractivity contribution is 7.99. The number of thioether (sulfide) groups is 1. The second-order valence-corrected chi connectivity index (χ2v) is 8.96. The zero-order valence-corrected chi connectivity index (χ0v) is 19.0. The molecule has 1 N–H and O–H groups in total. The monoisotopic (exact) mass is 436 g/mol. The van der Waals surface area contributed by atoms with Crippen LogP contribution in [-0.2, 0) is 11.8 Å². The Labute approximate surface area is 187 Å². The summed E-state index contributed by atoms with van der Waals surface area (Å²) in [7, 11) is 1.92. The smallest absolute Gasteiger partial charge is 0.234 e. The lowest BCUT2D eigenvalue weighted by Gasteiger charge is -2.13. The Bertz CT molecular complexity index is 1040. The van der Waals surface area contributed by atoms with Crippen LogP contribution in [0.5, 0.6) is 5.75 Å². The number of para-hydroxylation sites is 1. The van der Waals surface area contributed by atoms with Crippen molar-refractivity contribution in [1.82, 2.24) is 14.8 Å². The van der Waals surface area contributed by atoms with Gasteiger partial charge in [0.05, 0.1) is 11.9 Å². The fourth-order valence-electron chi connectivity index (χ4n) is 3.89. The average Bonchev–Trinajstić information content (AvgIpc) is 3.40. The fourth-order valence-corrected chi connectivity index (χ4v) is 4.60. The maximum absolute atomic E-state index is 12.5. The summed E-state index contributed by atoms with van der Waals surface area (Å²) in [5.74, 6) is 1.88. The van der Waals surface area contributed by atoms with Crippen molar-refractivity contribution in [2.24, 2.45) is 7.05 Å². The normalized spacial score (nSPS) is 14.0. The number of hydrogen-bond donors (Lipinski definition) is 1. The molecule has 162 valence electrons. The van der Waals surface area contributed by atoms with Crippen molar-refractivity contribution in [2.45, 2.75) is 50.8 Å². The largest absolute Gasteiger partial charge is 0.490 e. The lowest BCUT2D eigenvalue weighted by Crippen LogP contribution is -2.16. The maximum atomic E-state index is 12.5. The number of anilines is 1. The number of amides is 1. The molecule has 1 amide bonds. The van der Waals surface area contributed by atoms with Crippen molar-refractivity contribution in [3.63, 3.8) is 0 Å². The average molecular weight is 437 g/mol. The molecule has 0 unspecified atom stereocenters. The molecule has 1 saturated carbocycles.